The summed E-state index contributed by atoms with van der Waals surface area (Å²) in [5.41, 5.74) is 0. The number of nitro groups is 1. The Bertz CT molecular complexity index is 588. The fraction of sp³-hybridized carbons (Fsp3) is 0.571. The first-order valence-electron chi connectivity index (χ1n) is 7.64. The van der Waals surface area contributed by atoms with Gasteiger partial charge in [0.1, 0.15) is 11.5 Å². The van der Waals surface area contributed by atoms with Gasteiger partial charge in [-0.3, -0.25) is 15.0 Å². The Morgan fingerprint density at radius 3 is 2.22 bits per heavy atom. The van der Waals surface area contributed by atoms with Crippen LogP contribution < -0.4 is 0 Å². The number of halogens is 4. The molecule has 2 heterocycles. The Labute approximate surface area is 177 Å². The van der Waals surface area contributed by atoms with Crippen LogP contribution in [0.15, 0.2) is 21.7 Å². The molecule has 0 aromatic carbocycles. The maximum atomic E-state index is 11.0. The molecule has 0 N–H and O–H groups in total. The van der Waals surface area contributed by atoms with Crippen LogP contribution >= 0.6 is 47.2 Å². The number of ether oxygens (including phenoxy) is 1. The second kappa shape index (κ2) is 14.8. The minimum absolute atomic E-state index is 0. The third-order valence-electron chi connectivity index (χ3n) is 3.06. The van der Waals surface area contributed by atoms with Crippen molar-refractivity contribution < 1.29 is 18.9 Å². The van der Waals surface area contributed by atoms with Crippen LogP contribution in [0.25, 0.3) is 0 Å². The van der Waals surface area contributed by atoms with Crippen LogP contribution in [0.3, 0.4) is 0 Å². The van der Waals surface area contributed by atoms with Crippen molar-refractivity contribution in [3.05, 3.63) is 28.0 Å². The fourth-order valence-corrected chi connectivity index (χ4v) is 2.54. The van der Waals surface area contributed by atoms with Gasteiger partial charge in [0.25, 0.3) is 0 Å². The molecule has 0 atom stereocenters. The molecule has 1 amide bonds. The number of carbonyl (C=O) groups excluding carboxylic acids is 1. The molecule has 1 fully saturated rings. The molecule has 0 bridgehead atoms. The van der Waals surface area contributed by atoms with E-state index in [1.54, 1.807) is 0 Å². The van der Waals surface area contributed by atoms with Gasteiger partial charge in [0.05, 0.1) is 18.8 Å². The second-order valence-corrected chi connectivity index (χ2v) is 5.96. The lowest BCUT2D eigenvalue weighted by molar-refractivity contribution is -0.402. The monoisotopic (exact) mass is 464 g/mol. The maximum Gasteiger partial charge on any atom is 0.433 e. The highest BCUT2D eigenvalue weighted by Gasteiger charge is 2.21. The Hall–Kier alpha value is -1.26. The molecule has 0 spiro atoms. The summed E-state index contributed by atoms with van der Waals surface area (Å²) in [6.45, 7) is 3.27. The van der Waals surface area contributed by atoms with E-state index in [1.807, 2.05) is 0 Å². The normalized spacial score (nSPS) is 13.3. The SMILES string of the molecule is Cl.ClCCN(CCCl)CCCl.O=C1OCCN1N=Cc1ccc([N+](=O)[O-])o1. The molecule has 27 heavy (non-hydrogen) atoms. The minimum Gasteiger partial charge on any atom is -0.446 e. The van der Waals surface area contributed by atoms with Crippen LogP contribution in [0.5, 0.6) is 0 Å². The molecule has 13 heteroatoms. The highest BCUT2D eigenvalue weighted by Crippen LogP contribution is 2.14. The standard InChI is InChI=1S/C8H7N3O5.C6H12Cl3N.ClH/c12-8-10(3-4-15-8)9-5-6-1-2-7(16-6)11(13)14;7-1-4-10(5-2-8)6-3-9;/h1-2,5H,3-4H2;1-6H2;1H. The van der Waals surface area contributed by atoms with E-state index in [1.165, 1.54) is 18.3 Å². The summed E-state index contributed by atoms with van der Waals surface area (Å²) in [6, 6.07) is 2.60. The predicted octanol–water partition coefficient (Wildman–Crippen LogP) is 3.40. The second-order valence-electron chi connectivity index (χ2n) is 4.82. The first-order valence-corrected chi connectivity index (χ1v) is 9.25. The molecule has 9 nitrogen and oxygen atoms in total. The van der Waals surface area contributed by atoms with Gasteiger partial charge in [0.15, 0.2) is 5.76 Å². The maximum absolute atomic E-state index is 11.0. The molecule has 1 aliphatic rings. The lowest BCUT2D eigenvalue weighted by Gasteiger charge is -2.17. The smallest absolute Gasteiger partial charge is 0.433 e. The Balaban J connectivity index is 0.000000539. The van der Waals surface area contributed by atoms with E-state index in [-0.39, 0.29) is 30.7 Å². The summed E-state index contributed by atoms with van der Waals surface area (Å²) in [5.74, 6) is 1.77. The molecule has 0 saturated carbocycles. The van der Waals surface area contributed by atoms with Crippen molar-refractivity contribution in [1.82, 2.24) is 9.91 Å². The van der Waals surface area contributed by atoms with E-state index in [0.717, 1.165) is 24.6 Å². The number of cyclic esters (lactones) is 1. The molecule has 1 aromatic rings. The molecule has 0 radical (unpaired) electrons. The lowest BCUT2D eigenvalue weighted by Crippen LogP contribution is -2.29. The molecule has 2 rings (SSSR count). The zero-order valence-electron chi connectivity index (χ0n) is 14.3. The van der Waals surface area contributed by atoms with Crippen molar-refractivity contribution in [1.29, 1.82) is 0 Å². The zero-order valence-corrected chi connectivity index (χ0v) is 17.3. The van der Waals surface area contributed by atoms with Gasteiger partial charge in [-0.2, -0.15) is 10.1 Å². The van der Waals surface area contributed by atoms with Gasteiger partial charge < -0.3 is 9.15 Å². The van der Waals surface area contributed by atoms with E-state index in [9.17, 15) is 14.9 Å². The van der Waals surface area contributed by atoms with Gasteiger partial charge in [0, 0.05) is 37.3 Å². The zero-order chi connectivity index (χ0) is 19.4. The third kappa shape index (κ3) is 10.0. The number of rotatable bonds is 9. The molecular weight excluding hydrogens is 446 g/mol. The molecule has 1 aliphatic heterocycles. The van der Waals surface area contributed by atoms with Gasteiger partial charge in [-0.25, -0.2) is 4.79 Å². The summed E-state index contributed by atoms with van der Waals surface area (Å²) in [6.07, 6.45) is 0.678. The first-order chi connectivity index (χ1) is 12.5. The van der Waals surface area contributed by atoms with Crippen LogP contribution in [0, 0.1) is 10.1 Å². The number of hydrogen-bond donors (Lipinski definition) is 0. The number of alkyl halides is 3. The Kier molecular flexibility index (Phi) is 14.1. The van der Waals surface area contributed by atoms with Crippen molar-refractivity contribution in [3.8, 4) is 0 Å². The van der Waals surface area contributed by atoms with E-state index >= 15 is 0 Å². The van der Waals surface area contributed by atoms with E-state index in [4.69, 9.17) is 39.2 Å². The van der Waals surface area contributed by atoms with E-state index < -0.39 is 11.0 Å². The molecular formula is C14H20Cl4N4O5. The van der Waals surface area contributed by atoms with Crippen LogP contribution in [-0.2, 0) is 4.74 Å². The summed E-state index contributed by atoms with van der Waals surface area (Å²) in [4.78, 5) is 22.8. The average Bonchev–Trinajstić information content (AvgIpc) is 3.23. The minimum atomic E-state index is -0.651. The average molecular weight is 466 g/mol. The van der Waals surface area contributed by atoms with E-state index in [2.05, 4.69) is 14.7 Å². The quantitative estimate of drug-likeness (QED) is 0.239. The van der Waals surface area contributed by atoms with Gasteiger partial charge in [-0.1, -0.05) is 0 Å². The molecule has 1 saturated heterocycles. The van der Waals surface area contributed by atoms with E-state index in [0.29, 0.717) is 24.2 Å². The highest BCUT2D eigenvalue weighted by molar-refractivity contribution is 6.18. The summed E-state index contributed by atoms with van der Waals surface area (Å²) in [7, 11) is 0. The number of amides is 1. The number of nitrogens with zero attached hydrogens (tertiary/aromatic N) is 4. The van der Waals surface area contributed by atoms with Crippen molar-refractivity contribution in [3.63, 3.8) is 0 Å². The van der Waals surface area contributed by atoms with Crippen LogP contribution in [0.1, 0.15) is 5.76 Å². The summed E-state index contributed by atoms with van der Waals surface area (Å²) in [5, 5.41) is 15.2. The molecule has 1 aromatic heterocycles. The van der Waals surface area contributed by atoms with Crippen LogP contribution in [0.2, 0.25) is 0 Å². The molecule has 154 valence electrons. The van der Waals surface area contributed by atoms with Crippen molar-refractivity contribution in [2.75, 3.05) is 50.4 Å². The van der Waals surface area contributed by atoms with Crippen molar-refractivity contribution in [2.45, 2.75) is 0 Å². The Morgan fingerprint density at radius 2 is 1.81 bits per heavy atom. The lowest BCUT2D eigenvalue weighted by atomic mass is 10.5. The molecule has 0 aliphatic carbocycles. The highest BCUT2D eigenvalue weighted by atomic mass is 35.5. The summed E-state index contributed by atoms with van der Waals surface area (Å²) >= 11 is 16.6. The predicted molar refractivity (Wildman–Crippen MR) is 107 cm³/mol. The number of furan rings is 1. The van der Waals surface area contributed by atoms with Crippen LogP contribution in [-0.4, -0.2) is 77.6 Å². The molecule has 0 unspecified atom stereocenters. The first kappa shape index (κ1) is 25.7. The third-order valence-corrected chi connectivity index (χ3v) is 3.57. The fourth-order valence-electron chi connectivity index (χ4n) is 1.82. The largest absolute Gasteiger partial charge is 0.446 e. The van der Waals surface area contributed by atoms with Gasteiger partial charge in [-0.05, 0) is 6.07 Å². The Morgan fingerprint density at radius 1 is 1.22 bits per heavy atom. The van der Waals surface area contributed by atoms with Gasteiger partial charge in [0.2, 0.25) is 0 Å². The van der Waals surface area contributed by atoms with Crippen molar-refractivity contribution in [2.24, 2.45) is 5.10 Å². The van der Waals surface area contributed by atoms with Crippen molar-refractivity contribution >= 4 is 65.4 Å². The van der Waals surface area contributed by atoms with Gasteiger partial charge >= 0.3 is 12.0 Å². The topological polar surface area (TPSA) is 101 Å². The number of hydrogen-bond acceptors (Lipinski definition) is 7. The van der Waals surface area contributed by atoms with Gasteiger partial charge in [-0.15, -0.1) is 47.2 Å². The van der Waals surface area contributed by atoms with Crippen LogP contribution in [0.4, 0.5) is 10.7 Å². The summed E-state index contributed by atoms with van der Waals surface area (Å²) < 4.78 is 9.44. The number of hydrazone groups is 1. The number of carbonyl (C=O) groups is 1.